The van der Waals surface area contributed by atoms with E-state index in [0.29, 0.717) is 0 Å². The zero-order chi connectivity index (χ0) is 22.0. The maximum Gasteiger partial charge on any atom is 0.254 e. The number of piperazine rings is 1. The molecule has 0 saturated carbocycles. The van der Waals surface area contributed by atoms with Crippen LogP contribution in [0.4, 0.5) is 11.4 Å². The summed E-state index contributed by atoms with van der Waals surface area (Å²) in [4.78, 5) is 30.3. The van der Waals surface area contributed by atoms with Crippen LogP contribution in [0.5, 0.6) is 0 Å². The molecule has 1 aliphatic heterocycles. The SMILES string of the molecule is Cc1ccc(N2C(=O)CN(c3ccccc3C)C(=O)[C@H]2/C=C\c2ccccc2)c(C)c1. The minimum atomic E-state index is -0.720. The Morgan fingerprint density at radius 1 is 0.806 bits per heavy atom. The Kier molecular flexibility index (Phi) is 5.72. The highest BCUT2D eigenvalue weighted by molar-refractivity contribution is 6.15. The highest BCUT2D eigenvalue weighted by atomic mass is 16.2. The first-order valence-corrected chi connectivity index (χ1v) is 10.5. The summed E-state index contributed by atoms with van der Waals surface area (Å²) >= 11 is 0. The van der Waals surface area contributed by atoms with Crippen molar-refractivity contribution in [3.8, 4) is 0 Å². The van der Waals surface area contributed by atoms with Crippen LogP contribution in [-0.2, 0) is 9.59 Å². The van der Waals surface area contributed by atoms with Crippen LogP contribution in [0.3, 0.4) is 0 Å². The third-order valence-electron chi connectivity index (χ3n) is 5.65. The molecule has 0 unspecified atom stereocenters. The van der Waals surface area contributed by atoms with Crippen molar-refractivity contribution in [2.24, 2.45) is 0 Å². The molecule has 0 bridgehead atoms. The molecule has 3 aromatic rings. The molecular formula is C27H26N2O2. The van der Waals surface area contributed by atoms with Gasteiger partial charge in [0.2, 0.25) is 5.91 Å². The van der Waals surface area contributed by atoms with Crippen LogP contribution in [0.2, 0.25) is 0 Å². The minimum absolute atomic E-state index is 0.0205. The van der Waals surface area contributed by atoms with E-state index < -0.39 is 6.04 Å². The monoisotopic (exact) mass is 410 g/mol. The number of benzene rings is 3. The quantitative estimate of drug-likeness (QED) is 0.602. The maximum absolute atomic E-state index is 13.7. The first-order chi connectivity index (χ1) is 15.0. The lowest BCUT2D eigenvalue weighted by Gasteiger charge is -2.40. The second-order valence-corrected chi connectivity index (χ2v) is 7.98. The highest BCUT2D eigenvalue weighted by Gasteiger charge is 2.40. The van der Waals surface area contributed by atoms with Crippen molar-refractivity contribution in [3.63, 3.8) is 0 Å². The van der Waals surface area contributed by atoms with E-state index >= 15 is 0 Å². The number of amides is 2. The first kappa shape index (κ1) is 20.6. The summed E-state index contributed by atoms with van der Waals surface area (Å²) in [6.45, 7) is 5.98. The Morgan fingerprint density at radius 3 is 2.23 bits per heavy atom. The zero-order valence-electron chi connectivity index (χ0n) is 18.1. The molecule has 1 atom stereocenters. The van der Waals surface area contributed by atoms with Crippen LogP contribution in [-0.4, -0.2) is 24.4 Å². The normalized spacial score (nSPS) is 16.9. The van der Waals surface area contributed by atoms with Crippen LogP contribution in [0.15, 0.2) is 78.9 Å². The van der Waals surface area contributed by atoms with E-state index in [1.807, 2.05) is 106 Å². The molecule has 4 rings (SSSR count). The molecule has 0 aromatic heterocycles. The summed E-state index contributed by atoms with van der Waals surface area (Å²) in [5, 5.41) is 0. The van der Waals surface area contributed by atoms with Crippen molar-refractivity contribution in [2.45, 2.75) is 26.8 Å². The van der Waals surface area contributed by atoms with Gasteiger partial charge in [0.05, 0.1) is 0 Å². The summed E-state index contributed by atoms with van der Waals surface area (Å²) in [5.41, 5.74) is 5.60. The first-order valence-electron chi connectivity index (χ1n) is 10.5. The average molecular weight is 411 g/mol. The molecule has 3 aromatic carbocycles. The second-order valence-electron chi connectivity index (χ2n) is 7.98. The van der Waals surface area contributed by atoms with Gasteiger partial charge in [0.1, 0.15) is 12.6 Å². The van der Waals surface area contributed by atoms with Crippen molar-refractivity contribution >= 4 is 29.3 Å². The van der Waals surface area contributed by atoms with E-state index in [1.54, 1.807) is 9.80 Å². The van der Waals surface area contributed by atoms with Gasteiger partial charge >= 0.3 is 0 Å². The summed E-state index contributed by atoms with van der Waals surface area (Å²) in [7, 11) is 0. The zero-order valence-corrected chi connectivity index (χ0v) is 18.1. The van der Waals surface area contributed by atoms with Gasteiger partial charge in [0.25, 0.3) is 5.91 Å². The molecule has 1 saturated heterocycles. The Balaban J connectivity index is 1.79. The number of anilines is 2. The van der Waals surface area contributed by atoms with Gasteiger partial charge in [-0.05, 0) is 49.6 Å². The fraction of sp³-hybridized carbons (Fsp3) is 0.185. The molecular weight excluding hydrogens is 384 g/mol. The van der Waals surface area contributed by atoms with Crippen molar-refractivity contribution in [1.29, 1.82) is 0 Å². The lowest BCUT2D eigenvalue weighted by atomic mass is 10.0. The highest BCUT2D eigenvalue weighted by Crippen LogP contribution is 2.31. The molecule has 1 fully saturated rings. The largest absolute Gasteiger partial charge is 0.301 e. The fourth-order valence-corrected chi connectivity index (χ4v) is 4.08. The Hall–Kier alpha value is -3.66. The summed E-state index contributed by atoms with van der Waals surface area (Å²) in [5.74, 6) is -0.210. The Labute approximate surface area is 183 Å². The van der Waals surface area contributed by atoms with Crippen LogP contribution in [0.25, 0.3) is 6.08 Å². The van der Waals surface area contributed by atoms with Crippen LogP contribution in [0, 0.1) is 20.8 Å². The molecule has 1 heterocycles. The van der Waals surface area contributed by atoms with E-state index in [0.717, 1.165) is 33.6 Å². The Morgan fingerprint density at radius 2 is 1.52 bits per heavy atom. The minimum Gasteiger partial charge on any atom is -0.301 e. The molecule has 31 heavy (non-hydrogen) atoms. The molecule has 0 N–H and O–H groups in total. The van der Waals surface area contributed by atoms with Crippen LogP contribution < -0.4 is 9.80 Å². The third-order valence-corrected chi connectivity index (χ3v) is 5.65. The van der Waals surface area contributed by atoms with Crippen molar-refractivity contribution in [2.75, 3.05) is 16.3 Å². The van der Waals surface area contributed by atoms with E-state index in [9.17, 15) is 9.59 Å². The topological polar surface area (TPSA) is 40.6 Å². The van der Waals surface area contributed by atoms with Gasteiger partial charge in [-0.15, -0.1) is 0 Å². The third kappa shape index (κ3) is 4.15. The molecule has 0 aliphatic carbocycles. The number of aryl methyl sites for hydroxylation is 3. The van der Waals surface area contributed by atoms with Gasteiger partial charge in [0, 0.05) is 11.4 Å². The number of hydrogen-bond donors (Lipinski definition) is 0. The maximum atomic E-state index is 13.7. The number of para-hydroxylation sites is 1. The van der Waals surface area contributed by atoms with Crippen molar-refractivity contribution < 1.29 is 9.59 Å². The van der Waals surface area contributed by atoms with E-state index in [1.165, 1.54) is 0 Å². The van der Waals surface area contributed by atoms with Crippen molar-refractivity contribution in [3.05, 3.63) is 101 Å². The lowest BCUT2D eigenvalue weighted by Crippen LogP contribution is -2.60. The molecule has 156 valence electrons. The predicted octanol–water partition coefficient (Wildman–Crippen LogP) is 5.07. The molecule has 0 radical (unpaired) electrons. The molecule has 2 amide bonds. The van der Waals surface area contributed by atoms with E-state index in [-0.39, 0.29) is 18.4 Å². The van der Waals surface area contributed by atoms with Gasteiger partial charge in [-0.2, -0.15) is 0 Å². The molecule has 1 aliphatic rings. The summed E-state index contributed by atoms with van der Waals surface area (Å²) < 4.78 is 0. The Bertz CT molecular complexity index is 1150. The fourth-order valence-electron chi connectivity index (χ4n) is 4.08. The standard InChI is InChI=1S/C27H26N2O2/c1-19-13-15-24(21(3)17-19)29-25(16-14-22-10-5-4-6-11-22)27(31)28(18-26(29)30)23-12-8-7-9-20(23)2/h4-17,25H,18H2,1-3H3/b16-14-/t25-/m1/s1. The van der Waals surface area contributed by atoms with Crippen LogP contribution >= 0.6 is 0 Å². The van der Waals surface area contributed by atoms with Gasteiger partial charge in [-0.25, -0.2) is 0 Å². The van der Waals surface area contributed by atoms with Gasteiger partial charge in [0.15, 0.2) is 0 Å². The molecule has 0 spiro atoms. The van der Waals surface area contributed by atoms with Gasteiger partial charge in [-0.1, -0.05) is 78.4 Å². The number of carbonyl (C=O) groups excluding carboxylic acids is 2. The number of hydrogen-bond acceptors (Lipinski definition) is 2. The lowest BCUT2D eigenvalue weighted by molar-refractivity contribution is -0.127. The van der Waals surface area contributed by atoms with Crippen molar-refractivity contribution in [1.82, 2.24) is 0 Å². The summed E-state index contributed by atoms with van der Waals surface area (Å²) in [6, 6.07) is 22.7. The van der Waals surface area contributed by atoms with Crippen LogP contribution in [0.1, 0.15) is 22.3 Å². The number of carbonyl (C=O) groups is 2. The van der Waals surface area contributed by atoms with E-state index in [2.05, 4.69) is 0 Å². The number of nitrogens with zero attached hydrogens (tertiary/aromatic N) is 2. The molecule has 4 heteroatoms. The molecule has 4 nitrogen and oxygen atoms in total. The summed E-state index contributed by atoms with van der Waals surface area (Å²) in [6.07, 6.45) is 3.74. The number of rotatable bonds is 4. The second kappa shape index (κ2) is 8.60. The predicted molar refractivity (Wildman–Crippen MR) is 126 cm³/mol. The van der Waals surface area contributed by atoms with E-state index in [4.69, 9.17) is 0 Å². The average Bonchev–Trinajstić information content (AvgIpc) is 2.76. The smallest absolute Gasteiger partial charge is 0.254 e. The van der Waals surface area contributed by atoms with Gasteiger partial charge < -0.3 is 4.90 Å². The van der Waals surface area contributed by atoms with Gasteiger partial charge in [-0.3, -0.25) is 14.5 Å².